The normalized spacial score (nSPS) is 10.1. The zero-order valence-corrected chi connectivity index (χ0v) is 7.11. The first-order valence-electron chi connectivity index (χ1n) is 3.99. The van der Waals surface area contributed by atoms with E-state index in [1.807, 2.05) is 0 Å². The van der Waals surface area contributed by atoms with Crippen LogP contribution < -0.4 is 0 Å². The second-order valence-corrected chi connectivity index (χ2v) is 2.72. The van der Waals surface area contributed by atoms with Crippen LogP contribution in [0.5, 0.6) is 0 Å². The summed E-state index contributed by atoms with van der Waals surface area (Å²) >= 11 is 0. The van der Waals surface area contributed by atoms with Gasteiger partial charge in [0.2, 0.25) is 0 Å². The van der Waals surface area contributed by atoms with Gasteiger partial charge in [0.05, 0.1) is 11.4 Å². The fourth-order valence-corrected chi connectivity index (χ4v) is 1.09. The van der Waals surface area contributed by atoms with E-state index in [-0.39, 0.29) is 0 Å². The van der Waals surface area contributed by atoms with Gasteiger partial charge in [-0.3, -0.25) is 9.97 Å². The van der Waals surface area contributed by atoms with E-state index < -0.39 is 11.6 Å². The van der Waals surface area contributed by atoms with Crippen molar-refractivity contribution >= 4 is 0 Å². The third kappa shape index (κ3) is 1.74. The smallest absolute Gasteiger partial charge is 0.126 e. The summed E-state index contributed by atoms with van der Waals surface area (Å²) in [5.74, 6) is -0.831. The third-order valence-electron chi connectivity index (χ3n) is 1.71. The van der Waals surface area contributed by atoms with Crippen molar-refractivity contribution in [1.82, 2.24) is 9.97 Å². The molecule has 0 fully saturated rings. The Hall–Kier alpha value is -1.84. The van der Waals surface area contributed by atoms with Gasteiger partial charge in [-0.05, 0) is 12.1 Å². The summed E-state index contributed by atoms with van der Waals surface area (Å²) in [6.07, 6.45) is 2.63. The van der Waals surface area contributed by atoms with Gasteiger partial charge in [0.1, 0.15) is 11.6 Å². The molecule has 0 radical (unpaired) electrons. The molecule has 0 bridgehead atoms. The van der Waals surface area contributed by atoms with Gasteiger partial charge in [0.25, 0.3) is 0 Å². The van der Waals surface area contributed by atoms with Crippen LogP contribution in [0.3, 0.4) is 0 Å². The Kier molecular flexibility index (Phi) is 2.18. The van der Waals surface area contributed by atoms with Gasteiger partial charge >= 0.3 is 0 Å². The summed E-state index contributed by atoms with van der Waals surface area (Å²) < 4.78 is 25.6. The SMILES string of the molecule is Fc1ccnc(-c2cc(F)ccn2)c1. The summed E-state index contributed by atoms with van der Waals surface area (Å²) in [5.41, 5.74) is 0.647. The Balaban J connectivity index is 2.49. The van der Waals surface area contributed by atoms with Crippen molar-refractivity contribution < 1.29 is 8.78 Å². The molecule has 0 unspecified atom stereocenters. The summed E-state index contributed by atoms with van der Waals surface area (Å²) in [5, 5.41) is 0. The lowest BCUT2D eigenvalue weighted by molar-refractivity contribution is 0.623. The number of halogens is 2. The van der Waals surface area contributed by atoms with Gasteiger partial charge in [0.15, 0.2) is 0 Å². The third-order valence-corrected chi connectivity index (χ3v) is 1.71. The molecule has 0 aromatic carbocycles. The molecule has 70 valence electrons. The minimum Gasteiger partial charge on any atom is -0.254 e. The molecular weight excluding hydrogens is 186 g/mol. The topological polar surface area (TPSA) is 25.8 Å². The van der Waals surface area contributed by atoms with Crippen LogP contribution in [0.2, 0.25) is 0 Å². The molecule has 0 aliphatic rings. The molecule has 2 aromatic rings. The average molecular weight is 192 g/mol. The summed E-state index contributed by atoms with van der Waals surface area (Å²) in [6, 6.07) is 4.87. The van der Waals surface area contributed by atoms with Crippen LogP contribution in [-0.4, -0.2) is 9.97 Å². The first-order chi connectivity index (χ1) is 6.75. The van der Waals surface area contributed by atoms with Crippen LogP contribution in [0.1, 0.15) is 0 Å². The van der Waals surface area contributed by atoms with Gasteiger partial charge in [-0.25, -0.2) is 8.78 Å². The quantitative estimate of drug-likeness (QED) is 0.693. The van der Waals surface area contributed by atoms with E-state index in [9.17, 15) is 8.78 Å². The second-order valence-electron chi connectivity index (χ2n) is 2.72. The standard InChI is InChI=1S/C10H6F2N2/c11-7-1-3-13-9(5-7)10-6-8(12)2-4-14-10/h1-6H. The molecule has 4 heteroatoms. The molecular formula is C10H6F2N2. The highest BCUT2D eigenvalue weighted by Gasteiger charge is 2.02. The fraction of sp³-hybridized carbons (Fsp3) is 0. The summed E-state index contributed by atoms with van der Waals surface area (Å²) in [6.45, 7) is 0. The number of hydrogen-bond acceptors (Lipinski definition) is 2. The van der Waals surface area contributed by atoms with Crippen LogP contribution in [0.15, 0.2) is 36.7 Å². The molecule has 0 saturated carbocycles. The molecule has 14 heavy (non-hydrogen) atoms. The highest BCUT2D eigenvalue weighted by Crippen LogP contribution is 2.15. The molecule has 2 rings (SSSR count). The minimum absolute atomic E-state index is 0.324. The fourth-order valence-electron chi connectivity index (χ4n) is 1.09. The predicted molar refractivity (Wildman–Crippen MR) is 47.4 cm³/mol. The Morgan fingerprint density at radius 3 is 1.57 bits per heavy atom. The van der Waals surface area contributed by atoms with E-state index in [4.69, 9.17) is 0 Å². The first kappa shape index (κ1) is 8.74. The zero-order chi connectivity index (χ0) is 9.97. The number of rotatable bonds is 1. The highest BCUT2D eigenvalue weighted by atomic mass is 19.1. The van der Waals surface area contributed by atoms with Crippen LogP contribution in [0.4, 0.5) is 8.78 Å². The Bertz CT molecular complexity index is 414. The molecule has 0 saturated heterocycles. The van der Waals surface area contributed by atoms with Gasteiger partial charge < -0.3 is 0 Å². The first-order valence-corrected chi connectivity index (χ1v) is 3.99. The molecule has 0 atom stereocenters. The van der Waals surface area contributed by atoms with Gasteiger partial charge in [-0.2, -0.15) is 0 Å². The van der Waals surface area contributed by atoms with Gasteiger partial charge in [-0.15, -0.1) is 0 Å². The average Bonchev–Trinajstić information content (AvgIpc) is 2.18. The van der Waals surface area contributed by atoms with Crippen LogP contribution in [-0.2, 0) is 0 Å². The molecule has 2 nitrogen and oxygen atoms in total. The highest BCUT2D eigenvalue weighted by molar-refractivity contribution is 5.53. The predicted octanol–water partition coefficient (Wildman–Crippen LogP) is 2.42. The van der Waals surface area contributed by atoms with Crippen LogP contribution >= 0.6 is 0 Å². The Morgan fingerprint density at radius 1 is 0.786 bits per heavy atom. The van der Waals surface area contributed by atoms with E-state index in [1.165, 1.54) is 36.7 Å². The lowest BCUT2D eigenvalue weighted by Gasteiger charge is -1.98. The molecule has 0 N–H and O–H groups in total. The van der Waals surface area contributed by atoms with Crippen molar-refractivity contribution in [1.29, 1.82) is 0 Å². The van der Waals surface area contributed by atoms with Crippen molar-refractivity contribution in [3.63, 3.8) is 0 Å². The van der Waals surface area contributed by atoms with E-state index >= 15 is 0 Å². The second kappa shape index (κ2) is 3.49. The van der Waals surface area contributed by atoms with Crippen molar-refractivity contribution in [3.8, 4) is 11.4 Å². The molecule has 0 aliphatic carbocycles. The lowest BCUT2D eigenvalue weighted by Crippen LogP contribution is -1.88. The maximum atomic E-state index is 12.8. The largest absolute Gasteiger partial charge is 0.254 e. The van der Waals surface area contributed by atoms with Crippen molar-refractivity contribution in [2.75, 3.05) is 0 Å². The number of pyridine rings is 2. The molecule has 0 amide bonds. The monoisotopic (exact) mass is 192 g/mol. The van der Waals surface area contributed by atoms with Crippen molar-refractivity contribution in [2.45, 2.75) is 0 Å². The summed E-state index contributed by atoms with van der Waals surface area (Å²) in [7, 11) is 0. The zero-order valence-electron chi connectivity index (χ0n) is 7.11. The maximum Gasteiger partial charge on any atom is 0.126 e. The Labute approximate surface area is 79.3 Å². The van der Waals surface area contributed by atoms with Crippen LogP contribution in [0, 0.1) is 11.6 Å². The molecule has 0 spiro atoms. The van der Waals surface area contributed by atoms with Crippen molar-refractivity contribution in [2.24, 2.45) is 0 Å². The van der Waals surface area contributed by atoms with E-state index in [1.54, 1.807) is 0 Å². The van der Waals surface area contributed by atoms with E-state index in [2.05, 4.69) is 9.97 Å². The lowest BCUT2D eigenvalue weighted by atomic mass is 10.2. The van der Waals surface area contributed by atoms with Gasteiger partial charge in [0, 0.05) is 24.5 Å². The number of aromatic nitrogens is 2. The van der Waals surface area contributed by atoms with Crippen molar-refractivity contribution in [3.05, 3.63) is 48.3 Å². The molecule has 0 aliphatic heterocycles. The number of hydrogen-bond donors (Lipinski definition) is 0. The molecule has 2 heterocycles. The summed E-state index contributed by atoms with van der Waals surface area (Å²) in [4.78, 5) is 7.76. The van der Waals surface area contributed by atoms with E-state index in [0.29, 0.717) is 11.4 Å². The minimum atomic E-state index is -0.416. The molecule has 2 aromatic heterocycles. The number of nitrogens with zero attached hydrogens (tertiary/aromatic N) is 2. The van der Waals surface area contributed by atoms with E-state index in [0.717, 1.165) is 0 Å². The maximum absolute atomic E-state index is 12.8. The van der Waals surface area contributed by atoms with Gasteiger partial charge in [-0.1, -0.05) is 0 Å². The Morgan fingerprint density at radius 2 is 1.21 bits per heavy atom. The van der Waals surface area contributed by atoms with Crippen LogP contribution in [0.25, 0.3) is 11.4 Å².